The van der Waals surface area contributed by atoms with Crippen molar-refractivity contribution in [3.8, 4) is 11.1 Å². The minimum Gasteiger partial charge on any atom is -0.346 e. The summed E-state index contributed by atoms with van der Waals surface area (Å²) in [5.41, 5.74) is 3.97. The summed E-state index contributed by atoms with van der Waals surface area (Å²) < 4.78 is 17.2. The highest BCUT2D eigenvalue weighted by molar-refractivity contribution is 6.02. The Morgan fingerprint density at radius 2 is 1.91 bits per heavy atom. The van der Waals surface area contributed by atoms with Crippen molar-refractivity contribution in [2.24, 2.45) is 0 Å². The lowest BCUT2D eigenvalue weighted by Gasteiger charge is -2.48. The van der Waals surface area contributed by atoms with E-state index >= 15 is 4.39 Å². The monoisotopic (exact) mass is 474 g/mol. The maximum Gasteiger partial charge on any atom is 0.255 e. The van der Waals surface area contributed by atoms with E-state index in [1.165, 1.54) is 12.5 Å². The number of piperazine rings is 1. The van der Waals surface area contributed by atoms with E-state index in [4.69, 9.17) is 0 Å². The molecule has 2 bridgehead atoms. The zero-order valence-electron chi connectivity index (χ0n) is 20.7. The van der Waals surface area contributed by atoms with Crippen LogP contribution in [0.25, 0.3) is 33.2 Å². The highest BCUT2D eigenvalue weighted by Crippen LogP contribution is 2.34. The van der Waals surface area contributed by atoms with Crippen LogP contribution in [0.4, 0.5) is 4.39 Å². The first-order valence-corrected chi connectivity index (χ1v) is 12.5. The van der Waals surface area contributed by atoms with Gasteiger partial charge in [0.15, 0.2) is 5.82 Å². The number of rotatable bonds is 3. The van der Waals surface area contributed by atoms with Gasteiger partial charge in [0.05, 0.1) is 11.1 Å². The zero-order chi connectivity index (χ0) is 24.4. The summed E-state index contributed by atoms with van der Waals surface area (Å²) in [5.74, 6) is 0.460. The third kappa shape index (κ3) is 3.54. The van der Waals surface area contributed by atoms with Crippen LogP contribution in [0, 0.1) is 12.7 Å². The van der Waals surface area contributed by atoms with Gasteiger partial charge in [0.25, 0.3) is 5.91 Å². The van der Waals surface area contributed by atoms with Gasteiger partial charge in [-0.3, -0.25) is 9.69 Å². The minimum absolute atomic E-state index is 0.0201. The molecule has 8 heteroatoms. The van der Waals surface area contributed by atoms with Gasteiger partial charge in [-0.2, -0.15) is 0 Å². The molecule has 3 aromatic heterocycles. The van der Waals surface area contributed by atoms with Crippen LogP contribution in [0.5, 0.6) is 0 Å². The topological polar surface area (TPSA) is 70.1 Å². The van der Waals surface area contributed by atoms with Crippen molar-refractivity contribution in [3.63, 3.8) is 0 Å². The number of aromatic nitrogens is 4. The van der Waals surface area contributed by atoms with Gasteiger partial charge in [-0.25, -0.2) is 14.4 Å². The summed E-state index contributed by atoms with van der Waals surface area (Å²) >= 11 is 0. The average molecular weight is 475 g/mol. The minimum atomic E-state index is -0.349. The predicted octanol–water partition coefficient (Wildman–Crippen LogP) is 4.92. The molecule has 6 rings (SSSR count). The smallest absolute Gasteiger partial charge is 0.255 e. The number of hydrogen-bond acceptors (Lipinski definition) is 4. The zero-order valence-corrected chi connectivity index (χ0v) is 20.7. The summed E-state index contributed by atoms with van der Waals surface area (Å²) in [4.78, 5) is 30.1. The first-order chi connectivity index (χ1) is 16.8. The number of aryl methyl sites for hydroxylation is 1. The predicted molar refractivity (Wildman–Crippen MR) is 135 cm³/mol. The number of carbonyl (C=O) groups excluding carboxylic acids is 1. The second kappa shape index (κ2) is 8.16. The first-order valence-electron chi connectivity index (χ1n) is 12.5. The number of piperidine rings is 1. The lowest BCUT2D eigenvalue weighted by molar-refractivity contribution is 0.0111. The Morgan fingerprint density at radius 3 is 2.63 bits per heavy atom. The maximum atomic E-state index is 15.1. The van der Waals surface area contributed by atoms with E-state index in [2.05, 4.69) is 40.7 Å². The van der Waals surface area contributed by atoms with Crippen molar-refractivity contribution in [2.45, 2.75) is 58.2 Å². The lowest BCUT2D eigenvalue weighted by Crippen LogP contribution is -2.60. The van der Waals surface area contributed by atoms with E-state index in [0.29, 0.717) is 28.8 Å². The molecule has 2 saturated heterocycles. The quantitative estimate of drug-likeness (QED) is 0.458. The fourth-order valence-electron chi connectivity index (χ4n) is 6.10. The molecule has 1 amide bonds. The summed E-state index contributed by atoms with van der Waals surface area (Å²) in [5, 5.41) is 0.816. The van der Waals surface area contributed by atoms with Crippen LogP contribution in [-0.4, -0.2) is 67.4 Å². The molecule has 1 N–H and O–H groups in total. The number of carbonyl (C=O) groups is 1. The number of hydrogen-bond donors (Lipinski definition) is 1. The summed E-state index contributed by atoms with van der Waals surface area (Å²) in [6.07, 6.45) is 7.00. The van der Waals surface area contributed by atoms with Crippen molar-refractivity contribution in [1.29, 1.82) is 0 Å². The fraction of sp³-hybridized carbons (Fsp3) is 0.444. The van der Waals surface area contributed by atoms with Gasteiger partial charge in [-0.05, 0) is 64.4 Å². The van der Waals surface area contributed by atoms with E-state index in [-0.39, 0.29) is 17.8 Å². The van der Waals surface area contributed by atoms with Crippen LogP contribution in [0.2, 0.25) is 0 Å². The average Bonchev–Trinajstić information content (AvgIpc) is 3.38. The first kappa shape index (κ1) is 22.2. The van der Waals surface area contributed by atoms with E-state index in [1.54, 1.807) is 6.20 Å². The Balaban J connectivity index is 1.40. The van der Waals surface area contributed by atoms with Crippen molar-refractivity contribution < 1.29 is 9.18 Å². The summed E-state index contributed by atoms with van der Waals surface area (Å²) in [6.45, 7) is 7.55. The van der Waals surface area contributed by atoms with Crippen LogP contribution >= 0.6 is 0 Å². The fourth-order valence-corrected chi connectivity index (χ4v) is 6.10. The number of halogens is 1. The summed E-state index contributed by atoms with van der Waals surface area (Å²) in [6, 6.07) is 6.42. The molecular weight excluding hydrogens is 443 g/mol. The molecule has 0 spiro atoms. The van der Waals surface area contributed by atoms with Gasteiger partial charge < -0.3 is 14.5 Å². The molecule has 182 valence electrons. The van der Waals surface area contributed by atoms with Gasteiger partial charge in [0.2, 0.25) is 0 Å². The molecule has 2 fully saturated rings. The van der Waals surface area contributed by atoms with Gasteiger partial charge in [-0.1, -0.05) is 6.42 Å². The SMILES string of the molecule is Cc1nc2c(F)cc(-c3c[nH]c4ncc(C(=O)N5CC6CCCC(C5)N6C)cc34)cc2n1C(C)C. The van der Waals surface area contributed by atoms with E-state index in [1.807, 2.05) is 34.7 Å². The van der Waals surface area contributed by atoms with Crippen molar-refractivity contribution >= 4 is 28.0 Å². The number of aromatic amines is 1. The number of benzene rings is 1. The third-order valence-corrected chi connectivity index (χ3v) is 7.91. The molecule has 7 nitrogen and oxygen atoms in total. The second-order valence-electron chi connectivity index (χ2n) is 10.4. The molecule has 2 aliphatic heterocycles. The maximum absolute atomic E-state index is 15.1. The molecule has 2 atom stereocenters. The number of likely N-dealkylation sites (N-methyl/N-ethyl adjacent to an activating group) is 1. The van der Waals surface area contributed by atoms with Gasteiger partial charge >= 0.3 is 0 Å². The van der Waals surface area contributed by atoms with Crippen LogP contribution in [0.3, 0.4) is 0 Å². The largest absolute Gasteiger partial charge is 0.346 e. The molecule has 2 aliphatic rings. The van der Waals surface area contributed by atoms with Crippen LogP contribution in [-0.2, 0) is 0 Å². The van der Waals surface area contributed by atoms with Crippen molar-refractivity contribution in [2.75, 3.05) is 20.1 Å². The van der Waals surface area contributed by atoms with Crippen molar-refractivity contribution in [1.82, 2.24) is 29.3 Å². The molecule has 5 heterocycles. The molecular formula is C27H31FN6O. The third-order valence-electron chi connectivity index (χ3n) is 7.91. The Hall–Kier alpha value is -3.26. The van der Waals surface area contributed by atoms with Gasteiger partial charge in [-0.15, -0.1) is 0 Å². The van der Waals surface area contributed by atoms with Gasteiger partial charge in [0.1, 0.15) is 17.0 Å². The number of amides is 1. The Kier molecular flexibility index (Phi) is 5.18. The second-order valence-corrected chi connectivity index (χ2v) is 10.4. The van der Waals surface area contributed by atoms with E-state index < -0.39 is 0 Å². The number of pyridine rings is 1. The highest BCUT2D eigenvalue weighted by atomic mass is 19.1. The molecule has 4 aromatic rings. The number of nitrogens with zero attached hydrogens (tertiary/aromatic N) is 5. The molecule has 0 radical (unpaired) electrons. The molecule has 0 saturated carbocycles. The van der Waals surface area contributed by atoms with Crippen molar-refractivity contribution in [3.05, 3.63) is 47.8 Å². The number of H-pyrrole nitrogens is 1. The molecule has 2 unspecified atom stereocenters. The van der Waals surface area contributed by atoms with E-state index in [9.17, 15) is 4.79 Å². The highest BCUT2D eigenvalue weighted by Gasteiger charge is 2.37. The Morgan fingerprint density at radius 1 is 1.17 bits per heavy atom. The molecule has 1 aromatic carbocycles. The standard InChI is InChI=1S/C27H31FN6O/c1-15(2)34-16(3)31-25-23(28)9-17(10-24(25)34)22-12-30-26-21(22)8-18(11-29-26)27(35)33-13-19-6-5-7-20(14-33)32(19)4/h8-12,15,19-20H,5-7,13-14H2,1-4H3,(H,29,30). The number of nitrogens with one attached hydrogen (secondary N) is 1. The molecule has 35 heavy (non-hydrogen) atoms. The Bertz CT molecular complexity index is 1440. The van der Waals surface area contributed by atoms with Crippen LogP contribution in [0.1, 0.15) is 55.3 Å². The summed E-state index contributed by atoms with van der Waals surface area (Å²) in [7, 11) is 2.18. The van der Waals surface area contributed by atoms with Crippen LogP contribution in [0.15, 0.2) is 30.6 Å². The van der Waals surface area contributed by atoms with Gasteiger partial charge in [0, 0.05) is 54.6 Å². The molecule has 0 aliphatic carbocycles. The van der Waals surface area contributed by atoms with E-state index in [0.717, 1.165) is 53.8 Å². The normalized spacial score (nSPS) is 20.9. The van der Waals surface area contributed by atoms with Crippen LogP contribution < -0.4 is 0 Å². The Labute approximate surface area is 203 Å². The number of imidazole rings is 1. The lowest BCUT2D eigenvalue weighted by atomic mass is 9.91. The number of likely N-dealkylation sites (tertiary alicyclic amines) is 1. The number of fused-ring (bicyclic) bond motifs is 4.